The molecule has 0 radical (unpaired) electrons. The van der Waals surface area contributed by atoms with Gasteiger partial charge < -0.3 is 16.8 Å². The average Bonchev–Trinajstić information content (AvgIpc) is 2.43. The lowest BCUT2D eigenvalue weighted by atomic mass is 10.1. The number of nitrogens with two attached hydrogens (primary N) is 2. The van der Waals surface area contributed by atoms with Crippen LogP contribution in [0.3, 0.4) is 0 Å². The first-order chi connectivity index (χ1) is 10.3. The second kappa shape index (κ2) is 5.80. The van der Waals surface area contributed by atoms with Crippen molar-refractivity contribution in [3.63, 3.8) is 0 Å². The number of rotatable bonds is 4. The third kappa shape index (κ3) is 3.03. The van der Waals surface area contributed by atoms with Crippen molar-refractivity contribution >= 4 is 28.6 Å². The highest BCUT2D eigenvalue weighted by molar-refractivity contribution is 6.08. The van der Waals surface area contributed by atoms with Crippen molar-refractivity contribution < 1.29 is 14.4 Å². The molecule has 0 aliphatic rings. The van der Waals surface area contributed by atoms with Gasteiger partial charge in [-0.05, 0) is 32.0 Å². The minimum atomic E-state index is -1.56. The van der Waals surface area contributed by atoms with Gasteiger partial charge in [0.25, 0.3) is 5.91 Å². The molecule has 5 N–H and O–H groups in total. The first-order valence-corrected chi connectivity index (χ1v) is 6.57. The molecule has 0 saturated heterocycles. The predicted octanol–water partition coefficient (Wildman–Crippen LogP) is -0.0794. The lowest BCUT2D eigenvalue weighted by molar-refractivity contribution is -0.128. The molecular formula is C15H16N4O3. The molecule has 1 aromatic heterocycles. The quantitative estimate of drug-likeness (QED) is 0.682. The first-order valence-electron chi connectivity index (χ1n) is 6.57. The standard InChI is InChI=1S/C15H16N4O3/c1-7-3-4-11-9(5-7)6-10(8(2)18-11)15(22)19-12(13(16)20)14(17)21/h3-6,12H,1-2H3,(H2,16,20)(H2,17,21)(H,19,22). The molecule has 114 valence electrons. The number of amides is 3. The van der Waals surface area contributed by atoms with E-state index in [9.17, 15) is 14.4 Å². The van der Waals surface area contributed by atoms with Crippen molar-refractivity contribution in [2.24, 2.45) is 11.5 Å². The van der Waals surface area contributed by atoms with Crippen LogP contribution < -0.4 is 16.8 Å². The third-order valence-electron chi connectivity index (χ3n) is 3.25. The van der Waals surface area contributed by atoms with E-state index in [2.05, 4.69) is 10.3 Å². The van der Waals surface area contributed by atoms with Crippen LogP contribution in [0.25, 0.3) is 10.9 Å². The molecule has 2 rings (SSSR count). The van der Waals surface area contributed by atoms with Crippen LogP contribution in [0.5, 0.6) is 0 Å². The second-order valence-electron chi connectivity index (χ2n) is 5.03. The summed E-state index contributed by atoms with van der Waals surface area (Å²) in [4.78, 5) is 38.9. The van der Waals surface area contributed by atoms with Gasteiger partial charge >= 0.3 is 0 Å². The number of nitrogens with zero attached hydrogens (tertiary/aromatic N) is 1. The molecule has 1 heterocycles. The van der Waals surface area contributed by atoms with Gasteiger partial charge in [0.2, 0.25) is 11.8 Å². The maximum absolute atomic E-state index is 12.2. The highest BCUT2D eigenvalue weighted by atomic mass is 16.2. The Morgan fingerprint density at radius 2 is 1.73 bits per heavy atom. The zero-order valence-electron chi connectivity index (χ0n) is 12.2. The van der Waals surface area contributed by atoms with Crippen molar-refractivity contribution in [2.45, 2.75) is 19.9 Å². The van der Waals surface area contributed by atoms with Gasteiger partial charge in [0.05, 0.1) is 16.8 Å². The number of aromatic nitrogens is 1. The fraction of sp³-hybridized carbons (Fsp3) is 0.200. The van der Waals surface area contributed by atoms with Crippen LogP contribution in [0.2, 0.25) is 0 Å². The van der Waals surface area contributed by atoms with Crippen LogP contribution in [0.1, 0.15) is 21.6 Å². The summed E-state index contributed by atoms with van der Waals surface area (Å²) in [5, 5.41) is 3.01. The molecule has 0 aliphatic heterocycles. The van der Waals surface area contributed by atoms with E-state index in [1.165, 1.54) is 0 Å². The van der Waals surface area contributed by atoms with E-state index in [4.69, 9.17) is 11.5 Å². The molecule has 0 spiro atoms. The van der Waals surface area contributed by atoms with Crippen LogP contribution in [0.15, 0.2) is 24.3 Å². The Balaban J connectivity index is 2.41. The van der Waals surface area contributed by atoms with Crippen molar-refractivity contribution in [1.29, 1.82) is 0 Å². The highest BCUT2D eigenvalue weighted by Gasteiger charge is 2.25. The number of benzene rings is 1. The van der Waals surface area contributed by atoms with Gasteiger partial charge in [-0.2, -0.15) is 0 Å². The molecule has 22 heavy (non-hydrogen) atoms. The molecule has 0 atom stereocenters. The van der Waals surface area contributed by atoms with Crippen LogP contribution >= 0.6 is 0 Å². The van der Waals surface area contributed by atoms with E-state index in [0.29, 0.717) is 5.69 Å². The smallest absolute Gasteiger partial charge is 0.254 e. The van der Waals surface area contributed by atoms with Crippen LogP contribution in [0.4, 0.5) is 0 Å². The van der Waals surface area contributed by atoms with Gasteiger partial charge in [-0.3, -0.25) is 19.4 Å². The number of hydrogen-bond acceptors (Lipinski definition) is 4. The molecule has 1 aromatic carbocycles. The summed E-state index contributed by atoms with van der Waals surface area (Å²) in [5.74, 6) is -2.65. The number of pyridine rings is 1. The summed E-state index contributed by atoms with van der Waals surface area (Å²) in [6.07, 6.45) is 0. The Morgan fingerprint density at radius 1 is 1.09 bits per heavy atom. The van der Waals surface area contributed by atoms with E-state index in [0.717, 1.165) is 16.5 Å². The Labute approximate surface area is 126 Å². The molecule has 0 unspecified atom stereocenters. The second-order valence-corrected chi connectivity index (χ2v) is 5.03. The molecule has 7 nitrogen and oxygen atoms in total. The fourth-order valence-corrected chi connectivity index (χ4v) is 2.11. The maximum Gasteiger partial charge on any atom is 0.254 e. The van der Waals surface area contributed by atoms with Gasteiger partial charge in [-0.1, -0.05) is 11.6 Å². The lowest BCUT2D eigenvalue weighted by Gasteiger charge is -2.13. The zero-order chi connectivity index (χ0) is 16.4. The Morgan fingerprint density at radius 3 is 2.32 bits per heavy atom. The van der Waals surface area contributed by atoms with Crippen LogP contribution in [-0.4, -0.2) is 28.7 Å². The maximum atomic E-state index is 12.2. The molecule has 2 aromatic rings. The number of nitrogens with one attached hydrogen (secondary N) is 1. The van der Waals surface area contributed by atoms with Gasteiger partial charge in [0.15, 0.2) is 6.04 Å². The number of carbonyl (C=O) groups is 3. The molecular weight excluding hydrogens is 284 g/mol. The summed E-state index contributed by atoms with van der Waals surface area (Å²) >= 11 is 0. The molecule has 3 amide bonds. The summed E-state index contributed by atoms with van der Waals surface area (Å²) < 4.78 is 0. The Hall–Kier alpha value is -2.96. The summed E-state index contributed by atoms with van der Waals surface area (Å²) in [7, 11) is 0. The van der Waals surface area contributed by atoms with Crippen molar-refractivity contribution in [1.82, 2.24) is 10.3 Å². The van der Waals surface area contributed by atoms with Crippen LogP contribution in [-0.2, 0) is 9.59 Å². The summed E-state index contributed by atoms with van der Waals surface area (Å²) in [5.41, 5.74) is 12.6. The molecule has 0 aliphatic carbocycles. The van der Waals surface area contributed by atoms with Crippen molar-refractivity contribution in [2.75, 3.05) is 0 Å². The normalized spacial score (nSPS) is 10.7. The first kappa shape index (κ1) is 15.4. The van der Waals surface area contributed by atoms with Gasteiger partial charge in [0.1, 0.15) is 0 Å². The Kier molecular flexibility index (Phi) is 4.07. The van der Waals surface area contributed by atoms with Crippen LogP contribution in [0, 0.1) is 13.8 Å². The minimum absolute atomic E-state index is 0.255. The van der Waals surface area contributed by atoms with E-state index in [1.54, 1.807) is 13.0 Å². The number of fused-ring (bicyclic) bond motifs is 1. The van der Waals surface area contributed by atoms with Gasteiger partial charge in [0, 0.05) is 5.39 Å². The fourth-order valence-electron chi connectivity index (χ4n) is 2.11. The number of aryl methyl sites for hydroxylation is 2. The zero-order valence-corrected chi connectivity index (χ0v) is 12.2. The van der Waals surface area contributed by atoms with E-state index < -0.39 is 23.8 Å². The predicted molar refractivity (Wildman–Crippen MR) is 80.9 cm³/mol. The van der Waals surface area contributed by atoms with Crippen molar-refractivity contribution in [3.05, 3.63) is 41.1 Å². The summed E-state index contributed by atoms with van der Waals surface area (Å²) in [6, 6.07) is 5.76. The van der Waals surface area contributed by atoms with E-state index in [-0.39, 0.29) is 5.56 Å². The number of hydrogen-bond donors (Lipinski definition) is 3. The van der Waals surface area contributed by atoms with Gasteiger partial charge in [-0.25, -0.2) is 0 Å². The average molecular weight is 300 g/mol. The van der Waals surface area contributed by atoms with E-state index >= 15 is 0 Å². The SMILES string of the molecule is Cc1ccc2nc(C)c(C(=O)NC(C(N)=O)C(N)=O)cc2c1. The number of carbonyl (C=O) groups excluding carboxylic acids is 3. The lowest BCUT2D eigenvalue weighted by Crippen LogP contribution is -2.52. The number of primary amides is 2. The topological polar surface area (TPSA) is 128 Å². The highest BCUT2D eigenvalue weighted by Crippen LogP contribution is 2.18. The third-order valence-corrected chi connectivity index (χ3v) is 3.25. The molecule has 0 saturated carbocycles. The Bertz CT molecular complexity index is 772. The summed E-state index contributed by atoms with van der Waals surface area (Å²) in [6.45, 7) is 3.59. The van der Waals surface area contributed by atoms with Gasteiger partial charge in [-0.15, -0.1) is 0 Å². The minimum Gasteiger partial charge on any atom is -0.367 e. The monoisotopic (exact) mass is 300 g/mol. The molecule has 0 fully saturated rings. The largest absolute Gasteiger partial charge is 0.367 e. The molecule has 7 heteroatoms. The van der Waals surface area contributed by atoms with E-state index in [1.807, 2.05) is 25.1 Å². The molecule has 0 bridgehead atoms. The van der Waals surface area contributed by atoms with Crippen molar-refractivity contribution in [3.8, 4) is 0 Å².